The van der Waals surface area contributed by atoms with Crippen LogP contribution in [0.3, 0.4) is 0 Å². The van der Waals surface area contributed by atoms with Crippen molar-refractivity contribution in [2.75, 3.05) is 13.7 Å². The summed E-state index contributed by atoms with van der Waals surface area (Å²) in [5, 5.41) is 13.5. The van der Waals surface area contributed by atoms with Crippen molar-refractivity contribution in [3.63, 3.8) is 0 Å². The molecule has 1 heterocycles. The lowest BCUT2D eigenvalue weighted by atomic mass is 10.1. The molecule has 1 aromatic heterocycles. The van der Waals surface area contributed by atoms with Gasteiger partial charge in [0.1, 0.15) is 5.56 Å². The molecule has 0 aliphatic carbocycles. The Morgan fingerprint density at radius 1 is 1.10 bits per heavy atom. The number of amides is 1. The Bertz CT molecular complexity index is 986. The Kier molecular flexibility index (Phi) is 6.98. The molecule has 1 amide bonds. The zero-order valence-corrected chi connectivity index (χ0v) is 17.1. The molecule has 3 rings (SSSR count). The van der Waals surface area contributed by atoms with Gasteiger partial charge in [-0.3, -0.25) is 9.48 Å². The van der Waals surface area contributed by atoms with E-state index < -0.39 is 12.1 Å². The molecule has 7 heteroatoms. The van der Waals surface area contributed by atoms with Crippen LogP contribution in [0, 0.1) is 0 Å². The molecule has 156 valence electrons. The molecule has 7 nitrogen and oxygen atoms in total. The molecule has 2 aromatic carbocycles. The Morgan fingerprint density at radius 3 is 2.37 bits per heavy atom. The number of carbonyl (C=O) groups is 2. The van der Waals surface area contributed by atoms with Crippen LogP contribution in [0.15, 0.2) is 66.9 Å². The standard InChI is InChI=1S/C23H25N3O4/c1-17(22(28)25(2)16-18-9-5-3-6-10-18)30-23(29)20-15-24-26(13-14-27)21(20)19-11-7-4-8-12-19/h3-12,15,17,27H,13-14,16H2,1-2H3/t17-/m1/s1. The average molecular weight is 407 g/mol. The lowest BCUT2D eigenvalue weighted by Gasteiger charge is -2.21. The molecule has 0 fully saturated rings. The third-order valence-electron chi connectivity index (χ3n) is 4.69. The third-order valence-corrected chi connectivity index (χ3v) is 4.69. The van der Waals surface area contributed by atoms with Crippen LogP contribution in [0.5, 0.6) is 0 Å². The molecule has 0 spiro atoms. The van der Waals surface area contributed by atoms with Gasteiger partial charge in [0.15, 0.2) is 6.10 Å². The van der Waals surface area contributed by atoms with E-state index in [2.05, 4.69) is 5.10 Å². The highest BCUT2D eigenvalue weighted by Crippen LogP contribution is 2.25. The molecule has 1 N–H and O–H groups in total. The van der Waals surface area contributed by atoms with Crippen molar-refractivity contribution < 1.29 is 19.4 Å². The summed E-state index contributed by atoms with van der Waals surface area (Å²) in [6.07, 6.45) is 0.460. The molecule has 0 radical (unpaired) electrons. The largest absolute Gasteiger partial charge is 0.449 e. The SMILES string of the molecule is C[C@@H](OC(=O)c1cnn(CCO)c1-c1ccccc1)C(=O)N(C)Cc1ccccc1. The number of benzene rings is 2. The van der Waals surface area contributed by atoms with Crippen molar-refractivity contribution in [1.29, 1.82) is 0 Å². The minimum atomic E-state index is -0.948. The number of hydrogen-bond donors (Lipinski definition) is 1. The van der Waals surface area contributed by atoms with Gasteiger partial charge in [0.2, 0.25) is 0 Å². The topological polar surface area (TPSA) is 84.7 Å². The molecule has 0 saturated heterocycles. The highest BCUT2D eigenvalue weighted by atomic mass is 16.5. The van der Waals surface area contributed by atoms with Crippen molar-refractivity contribution in [2.24, 2.45) is 0 Å². The summed E-state index contributed by atoms with van der Waals surface area (Å²) < 4.78 is 7.02. The predicted octanol–water partition coefficient (Wildman–Crippen LogP) is 2.75. The van der Waals surface area contributed by atoms with E-state index in [4.69, 9.17) is 4.74 Å². The number of rotatable bonds is 8. The zero-order valence-electron chi connectivity index (χ0n) is 17.1. The van der Waals surface area contributed by atoms with Gasteiger partial charge in [0.25, 0.3) is 5.91 Å². The predicted molar refractivity (Wildman–Crippen MR) is 113 cm³/mol. The number of ether oxygens (including phenoxy) is 1. The van der Waals surface area contributed by atoms with Crippen molar-refractivity contribution >= 4 is 11.9 Å². The Labute approximate surface area is 175 Å². The molecular weight excluding hydrogens is 382 g/mol. The van der Waals surface area contributed by atoms with Crippen LogP contribution in [0.1, 0.15) is 22.8 Å². The van der Waals surface area contributed by atoms with Crippen LogP contribution in [-0.4, -0.2) is 51.4 Å². The minimum Gasteiger partial charge on any atom is -0.449 e. The van der Waals surface area contributed by atoms with E-state index in [0.717, 1.165) is 11.1 Å². The van der Waals surface area contributed by atoms with Crippen LogP contribution >= 0.6 is 0 Å². The Balaban J connectivity index is 1.74. The second-order valence-corrected chi connectivity index (χ2v) is 6.95. The fourth-order valence-electron chi connectivity index (χ4n) is 3.22. The van der Waals surface area contributed by atoms with E-state index in [-0.39, 0.29) is 24.6 Å². The van der Waals surface area contributed by atoms with Crippen LogP contribution in [0.25, 0.3) is 11.3 Å². The van der Waals surface area contributed by atoms with Crippen LogP contribution in [-0.2, 0) is 22.6 Å². The van der Waals surface area contributed by atoms with Crippen molar-refractivity contribution in [1.82, 2.24) is 14.7 Å². The maximum absolute atomic E-state index is 12.8. The van der Waals surface area contributed by atoms with Crippen molar-refractivity contribution in [3.8, 4) is 11.3 Å². The lowest BCUT2D eigenvalue weighted by Crippen LogP contribution is -2.37. The van der Waals surface area contributed by atoms with E-state index in [0.29, 0.717) is 12.2 Å². The first-order chi connectivity index (χ1) is 14.5. The summed E-state index contributed by atoms with van der Waals surface area (Å²) in [4.78, 5) is 27.0. The first-order valence-corrected chi connectivity index (χ1v) is 9.73. The second-order valence-electron chi connectivity index (χ2n) is 6.95. The fraction of sp³-hybridized carbons (Fsp3) is 0.261. The molecule has 0 unspecified atom stereocenters. The molecule has 30 heavy (non-hydrogen) atoms. The van der Waals surface area contributed by atoms with Crippen LogP contribution in [0.4, 0.5) is 0 Å². The molecular formula is C23H25N3O4. The summed E-state index contributed by atoms with van der Waals surface area (Å²) in [7, 11) is 1.67. The van der Waals surface area contributed by atoms with Crippen LogP contribution in [0.2, 0.25) is 0 Å². The average Bonchev–Trinajstić information content (AvgIpc) is 3.18. The first kappa shape index (κ1) is 21.3. The van der Waals surface area contributed by atoms with Crippen molar-refractivity contribution in [2.45, 2.75) is 26.1 Å². The van der Waals surface area contributed by atoms with Gasteiger partial charge in [-0.25, -0.2) is 4.79 Å². The van der Waals surface area contributed by atoms with E-state index in [1.165, 1.54) is 11.1 Å². The van der Waals surface area contributed by atoms with Gasteiger partial charge in [0, 0.05) is 19.2 Å². The fourth-order valence-corrected chi connectivity index (χ4v) is 3.22. The van der Waals surface area contributed by atoms with Gasteiger partial charge < -0.3 is 14.7 Å². The Hall–Kier alpha value is -3.45. The Morgan fingerprint density at radius 2 is 1.73 bits per heavy atom. The number of aromatic nitrogens is 2. The summed E-state index contributed by atoms with van der Waals surface area (Å²) >= 11 is 0. The lowest BCUT2D eigenvalue weighted by molar-refractivity contribution is -0.139. The van der Waals surface area contributed by atoms with Crippen LogP contribution < -0.4 is 0 Å². The number of aliphatic hydroxyl groups is 1. The summed E-state index contributed by atoms with van der Waals surface area (Å²) in [6, 6.07) is 18.9. The quantitative estimate of drug-likeness (QED) is 0.581. The third kappa shape index (κ3) is 4.93. The van der Waals surface area contributed by atoms with Gasteiger partial charge in [-0.15, -0.1) is 0 Å². The first-order valence-electron chi connectivity index (χ1n) is 9.73. The number of aliphatic hydroxyl groups excluding tert-OH is 1. The van der Waals surface area contributed by atoms with Crippen molar-refractivity contribution in [3.05, 3.63) is 78.0 Å². The highest BCUT2D eigenvalue weighted by Gasteiger charge is 2.26. The smallest absolute Gasteiger partial charge is 0.342 e. The number of carbonyl (C=O) groups excluding carboxylic acids is 2. The normalized spacial score (nSPS) is 11.7. The molecule has 1 atom stereocenters. The van der Waals surface area contributed by atoms with Gasteiger partial charge in [0.05, 0.1) is 25.0 Å². The van der Waals surface area contributed by atoms with Gasteiger partial charge in [-0.05, 0) is 12.5 Å². The minimum absolute atomic E-state index is 0.116. The summed E-state index contributed by atoms with van der Waals surface area (Å²) in [5.41, 5.74) is 2.56. The maximum Gasteiger partial charge on any atom is 0.342 e. The molecule has 0 aliphatic heterocycles. The maximum atomic E-state index is 12.8. The van der Waals surface area contributed by atoms with E-state index in [9.17, 15) is 14.7 Å². The highest BCUT2D eigenvalue weighted by molar-refractivity contribution is 5.97. The van der Waals surface area contributed by atoms with Gasteiger partial charge in [-0.1, -0.05) is 60.7 Å². The number of esters is 1. The van der Waals surface area contributed by atoms with E-state index >= 15 is 0 Å². The molecule has 0 saturated carbocycles. The molecule has 3 aromatic rings. The van der Waals surface area contributed by atoms with E-state index in [1.807, 2.05) is 60.7 Å². The number of nitrogens with zero attached hydrogens (tertiary/aromatic N) is 3. The monoisotopic (exact) mass is 407 g/mol. The summed E-state index contributed by atoms with van der Waals surface area (Å²) in [5.74, 6) is -0.928. The molecule has 0 aliphatic rings. The number of likely N-dealkylation sites (N-methyl/N-ethyl adjacent to an activating group) is 1. The van der Waals surface area contributed by atoms with Gasteiger partial charge >= 0.3 is 5.97 Å². The second kappa shape index (κ2) is 9.84. The summed E-state index contributed by atoms with van der Waals surface area (Å²) in [6.45, 7) is 2.11. The zero-order chi connectivity index (χ0) is 21.5. The van der Waals surface area contributed by atoms with Gasteiger partial charge in [-0.2, -0.15) is 5.10 Å². The van der Waals surface area contributed by atoms with E-state index in [1.54, 1.807) is 18.7 Å². The molecule has 0 bridgehead atoms. The number of hydrogen-bond acceptors (Lipinski definition) is 5.